The van der Waals surface area contributed by atoms with Crippen molar-refractivity contribution in [2.75, 3.05) is 6.61 Å². The molecule has 2 aromatic carbocycles. The Balaban J connectivity index is 1.45. The average molecular weight is 401 g/mol. The first-order valence-electron chi connectivity index (χ1n) is 9.24. The zero-order valence-corrected chi connectivity index (χ0v) is 16.3. The number of para-hydroxylation sites is 3. The predicted molar refractivity (Wildman–Crippen MR) is 109 cm³/mol. The van der Waals surface area contributed by atoms with E-state index in [1.807, 2.05) is 49.4 Å². The van der Waals surface area contributed by atoms with Crippen LogP contribution in [-0.4, -0.2) is 31.4 Å². The lowest BCUT2D eigenvalue weighted by atomic mass is 10.1. The quantitative estimate of drug-likeness (QED) is 0.441. The van der Waals surface area contributed by atoms with Crippen LogP contribution in [0.25, 0.3) is 26.4 Å². The Morgan fingerprint density at radius 3 is 2.79 bits per heavy atom. The summed E-state index contributed by atoms with van der Waals surface area (Å²) in [5.41, 5.74) is 2.94. The summed E-state index contributed by atoms with van der Waals surface area (Å²) in [4.78, 5) is 5.34. The van der Waals surface area contributed by atoms with Gasteiger partial charge in [-0.25, -0.2) is 0 Å². The van der Waals surface area contributed by atoms with Crippen LogP contribution >= 0.6 is 11.3 Å². The van der Waals surface area contributed by atoms with E-state index in [9.17, 15) is 0 Å². The van der Waals surface area contributed by atoms with Crippen LogP contribution in [0.5, 0.6) is 11.5 Å². The van der Waals surface area contributed by atoms with Gasteiger partial charge in [-0.15, -0.1) is 10.2 Å². The molecule has 3 aromatic heterocycles. The molecule has 1 aliphatic heterocycles. The van der Waals surface area contributed by atoms with Gasteiger partial charge in [0, 0.05) is 16.6 Å². The fourth-order valence-electron chi connectivity index (χ4n) is 3.57. The van der Waals surface area contributed by atoms with Crippen molar-refractivity contribution in [2.24, 2.45) is 0 Å². The molecule has 0 N–H and O–H groups in total. The standard InChI is InChI=1S/C21H15N5O2S/c1-12-10-14(13-6-2-3-7-15(13)22-12)20-25-26-19(23-24-21(26)29-20)18-11-27-16-8-4-5-9-17(16)28-18/h2-10,18H,11H2,1H3/t18-/m1/s1. The second-order valence-electron chi connectivity index (χ2n) is 6.85. The predicted octanol–water partition coefficient (Wildman–Crippen LogP) is 4.22. The van der Waals surface area contributed by atoms with Gasteiger partial charge < -0.3 is 9.47 Å². The van der Waals surface area contributed by atoms with Gasteiger partial charge in [0.25, 0.3) is 0 Å². The molecule has 0 saturated carbocycles. The van der Waals surface area contributed by atoms with E-state index >= 15 is 0 Å². The van der Waals surface area contributed by atoms with Crippen molar-refractivity contribution in [3.63, 3.8) is 0 Å². The molecule has 0 bridgehead atoms. The Morgan fingerprint density at radius 2 is 1.86 bits per heavy atom. The van der Waals surface area contributed by atoms with Crippen LogP contribution in [0.2, 0.25) is 0 Å². The minimum atomic E-state index is -0.370. The fraction of sp³-hybridized carbons (Fsp3) is 0.143. The Kier molecular flexibility index (Phi) is 3.54. The third-order valence-corrected chi connectivity index (χ3v) is 5.82. The van der Waals surface area contributed by atoms with Crippen molar-refractivity contribution < 1.29 is 9.47 Å². The first kappa shape index (κ1) is 16.4. The van der Waals surface area contributed by atoms with Gasteiger partial charge in [0.15, 0.2) is 23.4 Å². The highest BCUT2D eigenvalue weighted by atomic mass is 32.1. The minimum absolute atomic E-state index is 0.363. The number of hydrogen-bond acceptors (Lipinski definition) is 7. The molecule has 0 fully saturated rings. The van der Waals surface area contributed by atoms with Gasteiger partial charge in [-0.1, -0.05) is 41.7 Å². The number of nitrogens with zero attached hydrogens (tertiary/aromatic N) is 5. The van der Waals surface area contributed by atoms with Gasteiger partial charge in [-0.3, -0.25) is 4.98 Å². The first-order chi connectivity index (χ1) is 14.3. The highest BCUT2D eigenvalue weighted by molar-refractivity contribution is 7.19. The third-order valence-electron chi connectivity index (χ3n) is 4.89. The van der Waals surface area contributed by atoms with Gasteiger partial charge in [-0.05, 0) is 31.2 Å². The van der Waals surface area contributed by atoms with Crippen LogP contribution in [0.15, 0.2) is 54.6 Å². The molecule has 5 aromatic rings. The number of fused-ring (bicyclic) bond motifs is 3. The van der Waals surface area contributed by atoms with Crippen molar-refractivity contribution >= 4 is 27.2 Å². The third kappa shape index (κ3) is 2.64. The lowest BCUT2D eigenvalue weighted by Gasteiger charge is -2.24. The molecule has 0 amide bonds. The monoisotopic (exact) mass is 401 g/mol. The Morgan fingerprint density at radius 1 is 1.03 bits per heavy atom. The number of pyridine rings is 1. The van der Waals surface area contributed by atoms with Gasteiger partial charge in [0.05, 0.1) is 5.52 Å². The first-order valence-corrected chi connectivity index (χ1v) is 10.1. The van der Waals surface area contributed by atoms with Crippen LogP contribution < -0.4 is 9.47 Å². The molecule has 8 heteroatoms. The summed E-state index contributed by atoms with van der Waals surface area (Å²) in [6.45, 7) is 2.36. The number of ether oxygens (including phenoxy) is 2. The van der Waals surface area contributed by atoms with Crippen LogP contribution in [-0.2, 0) is 0 Å². The van der Waals surface area contributed by atoms with E-state index in [4.69, 9.17) is 14.6 Å². The molecule has 0 aliphatic carbocycles. The van der Waals surface area contributed by atoms with E-state index in [1.165, 1.54) is 11.3 Å². The molecule has 6 rings (SSSR count). The lowest BCUT2D eigenvalue weighted by Crippen LogP contribution is -2.23. The topological polar surface area (TPSA) is 74.4 Å². The number of benzene rings is 2. The van der Waals surface area contributed by atoms with Gasteiger partial charge >= 0.3 is 0 Å². The maximum absolute atomic E-state index is 6.10. The number of aryl methyl sites for hydroxylation is 1. The Hall–Kier alpha value is -3.52. The second kappa shape index (κ2) is 6.25. The minimum Gasteiger partial charge on any atom is -0.485 e. The van der Waals surface area contributed by atoms with Crippen LogP contribution in [0.4, 0.5) is 0 Å². The zero-order chi connectivity index (χ0) is 19.4. The van der Waals surface area contributed by atoms with Crippen molar-refractivity contribution in [2.45, 2.75) is 13.0 Å². The molecule has 0 spiro atoms. The van der Waals surface area contributed by atoms with Gasteiger partial charge in [0.1, 0.15) is 11.6 Å². The van der Waals surface area contributed by atoms with Crippen LogP contribution in [0.1, 0.15) is 17.6 Å². The molecular weight excluding hydrogens is 386 g/mol. The molecule has 29 heavy (non-hydrogen) atoms. The van der Waals surface area contributed by atoms with Crippen LogP contribution in [0.3, 0.4) is 0 Å². The Bertz CT molecular complexity index is 1380. The van der Waals surface area contributed by atoms with E-state index < -0.39 is 0 Å². The summed E-state index contributed by atoms with van der Waals surface area (Å²) >= 11 is 1.50. The summed E-state index contributed by atoms with van der Waals surface area (Å²) in [6.07, 6.45) is -0.370. The molecule has 1 aliphatic rings. The van der Waals surface area contributed by atoms with Crippen molar-refractivity contribution in [1.29, 1.82) is 0 Å². The maximum atomic E-state index is 6.10. The van der Waals surface area contributed by atoms with E-state index in [0.717, 1.165) is 37.9 Å². The normalized spacial score (nSPS) is 15.8. The fourth-order valence-corrected chi connectivity index (χ4v) is 4.45. The molecule has 4 heterocycles. The summed E-state index contributed by atoms with van der Waals surface area (Å²) in [5, 5.41) is 15.4. The molecule has 0 radical (unpaired) electrons. The van der Waals surface area contributed by atoms with Crippen molar-refractivity contribution in [3.05, 3.63) is 66.1 Å². The zero-order valence-electron chi connectivity index (χ0n) is 15.4. The smallest absolute Gasteiger partial charge is 0.235 e. The van der Waals surface area contributed by atoms with E-state index in [-0.39, 0.29) is 6.10 Å². The molecule has 142 valence electrons. The number of hydrogen-bond donors (Lipinski definition) is 0. The van der Waals surface area contributed by atoms with Crippen LogP contribution in [0, 0.1) is 6.92 Å². The largest absolute Gasteiger partial charge is 0.485 e. The average Bonchev–Trinajstić information content (AvgIpc) is 3.33. The highest BCUT2D eigenvalue weighted by Crippen LogP contribution is 2.37. The lowest BCUT2D eigenvalue weighted by molar-refractivity contribution is 0.0836. The summed E-state index contributed by atoms with van der Waals surface area (Å²) in [5.74, 6) is 2.07. The molecule has 0 unspecified atom stereocenters. The maximum Gasteiger partial charge on any atom is 0.235 e. The molecule has 1 atom stereocenters. The molecule has 7 nitrogen and oxygen atoms in total. The van der Waals surface area contributed by atoms with Gasteiger partial charge in [0.2, 0.25) is 4.96 Å². The van der Waals surface area contributed by atoms with Crippen molar-refractivity contribution in [1.82, 2.24) is 24.8 Å². The molecule has 0 saturated heterocycles. The highest BCUT2D eigenvalue weighted by Gasteiger charge is 2.28. The van der Waals surface area contributed by atoms with Gasteiger partial charge in [-0.2, -0.15) is 9.61 Å². The number of aromatic nitrogens is 5. The van der Waals surface area contributed by atoms with E-state index in [2.05, 4.69) is 27.3 Å². The molecular formula is C21H15N5O2S. The summed E-state index contributed by atoms with van der Waals surface area (Å²) < 4.78 is 13.7. The number of rotatable bonds is 2. The van der Waals surface area contributed by atoms with E-state index in [1.54, 1.807) is 4.52 Å². The van der Waals surface area contributed by atoms with E-state index in [0.29, 0.717) is 18.2 Å². The SMILES string of the molecule is Cc1cc(-c2nn3c([C@H]4COc5ccccc5O4)nnc3s2)c2ccccc2n1. The summed E-state index contributed by atoms with van der Waals surface area (Å²) in [7, 11) is 0. The summed E-state index contributed by atoms with van der Waals surface area (Å²) in [6, 6.07) is 17.8. The van der Waals surface area contributed by atoms with Crippen molar-refractivity contribution in [3.8, 4) is 22.1 Å². The second-order valence-corrected chi connectivity index (χ2v) is 7.81. The Labute approximate surface area is 169 Å².